The number of ether oxygens (including phenoxy) is 1. The van der Waals surface area contributed by atoms with Crippen molar-refractivity contribution in [3.8, 4) is 5.75 Å². The van der Waals surface area contributed by atoms with Crippen LogP contribution in [0.25, 0.3) is 0 Å². The second-order valence-electron chi connectivity index (χ2n) is 3.45. The predicted molar refractivity (Wildman–Crippen MR) is 53.4 cm³/mol. The van der Waals surface area contributed by atoms with Crippen molar-refractivity contribution in [1.82, 2.24) is 0 Å². The molecule has 2 rings (SSSR count). The van der Waals surface area contributed by atoms with Crippen LogP contribution in [0.2, 0.25) is 0 Å². The summed E-state index contributed by atoms with van der Waals surface area (Å²) in [5.41, 5.74) is 6.87. The van der Waals surface area contributed by atoms with E-state index in [1.54, 1.807) is 6.07 Å². The van der Waals surface area contributed by atoms with Crippen molar-refractivity contribution < 1.29 is 9.53 Å². The Bertz CT molecular complexity index is 360. The summed E-state index contributed by atoms with van der Waals surface area (Å²) in [7, 11) is 0. The number of rotatable bonds is 1. The second-order valence-corrected chi connectivity index (χ2v) is 3.45. The highest BCUT2D eigenvalue weighted by Gasteiger charge is 2.15. The number of carbonyl (C=O) groups excluding carboxylic acids is 1. The van der Waals surface area contributed by atoms with Gasteiger partial charge in [-0.25, -0.2) is 0 Å². The van der Waals surface area contributed by atoms with Crippen LogP contribution in [0.1, 0.15) is 28.8 Å². The number of benzene rings is 1. The number of carbonyl (C=O) groups is 1. The van der Waals surface area contributed by atoms with Crippen molar-refractivity contribution in [3.63, 3.8) is 0 Å². The molecule has 3 heteroatoms. The average molecular weight is 191 g/mol. The maximum atomic E-state index is 11.2. The van der Waals surface area contributed by atoms with Gasteiger partial charge in [0.15, 0.2) is 0 Å². The van der Waals surface area contributed by atoms with E-state index in [0.717, 1.165) is 37.2 Å². The lowest BCUT2D eigenvalue weighted by Crippen LogP contribution is -2.14. The molecule has 74 valence electrons. The van der Waals surface area contributed by atoms with Crippen molar-refractivity contribution in [2.45, 2.75) is 19.3 Å². The normalized spacial score (nSPS) is 15.1. The Morgan fingerprint density at radius 2 is 2.21 bits per heavy atom. The summed E-state index contributed by atoms with van der Waals surface area (Å²) in [6.07, 6.45) is 2.97. The van der Waals surface area contributed by atoms with E-state index < -0.39 is 0 Å². The van der Waals surface area contributed by atoms with Gasteiger partial charge in [-0.05, 0) is 31.4 Å². The summed E-state index contributed by atoms with van der Waals surface area (Å²) >= 11 is 0. The summed E-state index contributed by atoms with van der Waals surface area (Å²) in [5, 5.41) is 0. The Labute approximate surface area is 82.9 Å². The van der Waals surface area contributed by atoms with Gasteiger partial charge < -0.3 is 10.5 Å². The molecule has 1 heterocycles. The largest absolute Gasteiger partial charge is 0.493 e. The van der Waals surface area contributed by atoms with Gasteiger partial charge in [-0.1, -0.05) is 6.07 Å². The lowest BCUT2D eigenvalue weighted by molar-refractivity contribution is 0.0999. The molecule has 0 bridgehead atoms. The van der Waals surface area contributed by atoms with Crippen LogP contribution in [0.3, 0.4) is 0 Å². The first-order valence-electron chi connectivity index (χ1n) is 4.83. The van der Waals surface area contributed by atoms with Gasteiger partial charge in [-0.15, -0.1) is 0 Å². The molecule has 0 atom stereocenters. The summed E-state index contributed by atoms with van der Waals surface area (Å²) in [6.45, 7) is 0.731. The summed E-state index contributed by atoms with van der Waals surface area (Å²) in [6, 6.07) is 5.47. The van der Waals surface area contributed by atoms with Gasteiger partial charge in [0, 0.05) is 11.1 Å². The monoisotopic (exact) mass is 191 g/mol. The van der Waals surface area contributed by atoms with E-state index >= 15 is 0 Å². The molecule has 3 nitrogen and oxygen atoms in total. The Morgan fingerprint density at radius 3 is 3.00 bits per heavy atom. The van der Waals surface area contributed by atoms with E-state index in [9.17, 15) is 4.79 Å². The molecule has 0 radical (unpaired) electrons. The molecule has 1 aromatic carbocycles. The van der Waals surface area contributed by atoms with E-state index in [1.165, 1.54) is 0 Å². The quantitative estimate of drug-likeness (QED) is 0.731. The van der Waals surface area contributed by atoms with Crippen LogP contribution in [0.5, 0.6) is 5.75 Å². The molecule has 0 aromatic heterocycles. The zero-order valence-corrected chi connectivity index (χ0v) is 7.95. The van der Waals surface area contributed by atoms with E-state index in [2.05, 4.69) is 0 Å². The van der Waals surface area contributed by atoms with Crippen LogP contribution < -0.4 is 10.5 Å². The van der Waals surface area contributed by atoms with E-state index in [-0.39, 0.29) is 5.91 Å². The molecular weight excluding hydrogens is 178 g/mol. The third-order valence-electron chi connectivity index (χ3n) is 2.48. The van der Waals surface area contributed by atoms with E-state index in [4.69, 9.17) is 10.5 Å². The first kappa shape index (κ1) is 9.06. The lowest BCUT2D eigenvalue weighted by atomic mass is 10.0. The minimum Gasteiger partial charge on any atom is -0.493 e. The summed E-state index contributed by atoms with van der Waals surface area (Å²) < 4.78 is 5.53. The Kier molecular flexibility index (Phi) is 2.39. The van der Waals surface area contributed by atoms with Gasteiger partial charge in [0.05, 0.1) is 6.61 Å². The molecule has 0 saturated heterocycles. The highest BCUT2D eigenvalue weighted by atomic mass is 16.5. The second kappa shape index (κ2) is 3.70. The lowest BCUT2D eigenvalue weighted by Gasteiger charge is -2.09. The standard InChI is InChI=1S/C11H13NO2/c12-11(13)9-5-3-6-10-8(9)4-1-2-7-14-10/h3,5-6H,1-2,4,7H2,(H2,12,13). The third-order valence-corrected chi connectivity index (χ3v) is 2.48. The van der Waals surface area contributed by atoms with Crippen LogP contribution in [0, 0.1) is 0 Å². The minimum atomic E-state index is -0.368. The molecular formula is C11H13NO2. The number of fused-ring (bicyclic) bond motifs is 1. The third kappa shape index (κ3) is 1.58. The van der Waals surface area contributed by atoms with Crippen LogP contribution in [-0.2, 0) is 6.42 Å². The Morgan fingerprint density at radius 1 is 1.36 bits per heavy atom. The molecule has 0 spiro atoms. The fourth-order valence-corrected chi connectivity index (χ4v) is 1.78. The van der Waals surface area contributed by atoms with Crippen LogP contribution in [0.4, 0.5) is 0 Å². The van der Waals surface area contributed by atoms with Gasteiger partial charge in [-0.3, -0.25) is 4.79 Å². The molecule has 2 N–H and O–H groups in total. The zero-order chi connectivity index (χ0) is 9.97. The number of primary amides is 1. The number of amides is 1. The van der Waals surface area contributed by atoms with Crippen molar-refractivity contribution in [1.29, 1.82) is 0 Å². The SMILES string of the molecule is NC(=O)c1cccc2c1CCCCO2. The van der Waals surface area contributed by atoms with Crippen molar-refractivity contribution in [3.05, 3.63) is 29.3 Å². The summed E-state index contributed by atoms with van der Waals surface area (Å²) in [5.74, 6) is 0.450. The fraction of sp³-hybridized carbons (Fsp3) is 0.364. The fourth-order valence-electron chi connectivity index (χ4n) is 1.78. The zero-order valence-electron chi connectivity index (χ0n) is 7.95. The summed E-state index contributed by atoms with van der Waals surface area (Å²) in [4.78, 5) is 11.2. The molecule has 0 aliphatic carbocycles. The molecule has 0 fully saturated rings. The van der Waals surface area contributed by atoms with Gasteiger partial charge >= 0.3 is 0 Å². The first-order chi connectivity index (χ1) is 6.79. The van der Waals surface area contributed by atoms with Crippen molar-refractivity contribution >= 4 is 5.91 Å². The minimum absolute atomic E-state index is 0.368. The van der Waals surface area contributed by atoms with E-state index in [1.807, 2.05) is 12.1 Å². The van der Waals surface area contributed by atoms with Crippen LogP contribution in [-0.4, -0.2) is 12.5 Å². The van der Waals surface area contributed by atoms with Crippen LogP contribution >= 0.6 is 0 Å². The molecule has 1 aliphatic rings. The smallest absolute Gasteiger partial charge is 0.249 e. The average Bonchev–Trinajstić information content (AvgIpc) is 2.41. The number of nitrogens with two attached hydrogens (primary N) is 1. The van der Waals surface area contributed by atoms with Crippen LogP contribution in [0.15, 0.2) is 18.2 Å². The topological polar surface area (TPSA) is 52.3 Å². The van der Waals surface area contributed by atoms with Crippen molar-refractivity contribution in [2.75, 3.05) is 6.61 Å². The maximum absolute atomic E-state index is 11.2. The van der Waals surface area contributed by atoms with Gasteiger partial charge in [0.1, 0.15) is 5.75 Å². The Hall–Kier alpha value is -1.51. The van der Waals surface area contributed by atoms with Gasteiger partial charge in [0.25, 0.3) is 0 Å². The van der Waals surface area contributed by atoms with Crippen molar-refractivity contribution in [2.24, 2.45) is 5.73 Å². The molecule has 1 aromatic rings. The van der Waals surface area contributed by atoms with Gasteiger partial charge in [-0.2, -0.15) is 0 Å². The van der Waals surface area contributed by atoms with E-state index in [0.29, 0.717) is 5.56 Å². The Balaban J connectivity index is 2.47. The highest BCUT2D eigenvalue weighted by molar-refractivity contribution is 5.95. The number of hydrogen-bond acceptors (Lipinski definition) is 2. The van der Waals surface area contributed by atoms with Gasteiger partial charge in [0.2, 0.25) is 5.91 Å². The maximum Gasteiger partial charge on any atom is 0.249 e. The predicted octanol–water partition coefficient (Wildman–Crippen LogP) is 1.50. The molecule has 14 heavy (non-hydrogen) atoms. The molecule has 1 amide bonds. The number of hydrogen-bond donors (Lipinski definition) is 1. The molecule has 0 saturated carbocycles. The molecule has 0 unspecified atom stereocenters. The highest BCUT2D eigenvalue weighted by Crippen LogP contribution is 2.26. The molecule has 1 aliphatic heterocycles. The first-order valence-corrected chi connectivity index (χ1v) is 4.83.